The summed E-state index contributed by atoms with van der Waals surface area (Å²) < 4.78 is 11.7. The molecule has 150 valence electrons. The summed E-state index contributed by atoms with van der Waals surface area (Å²) in [5.41, 5.74) is 8.58. The van der Waals surface area contributed by atoms with Gasteiger partial charge in [0.2, 0.25) is 5.91 Å². The number of likely N-dealkylation sites (N-methyl/N-ethyl adjacent to an activating group) is 1. The van der Waals surface area contributed by atoms with E-state index in [1.165, 1.54) is 0 Å². The van der Waals surface area contributed by atoms with Gasteiger partial charge in [0, 0.05) is 23.6 Å². The summed E-state index contributed by atoms with van der Waals surface area (Å²) in [6, 6.07) is 13.8. The number of hydrogen-bond acceptors (Lipinski definition) is 5. The molecule has 28 heavy (non-hydrogen) atoms. The van der Waals surface area contributed by atoms with Crippen LogP contribution in [0.3, 0.4) is 0 Å². The summed E-state index contributed by atoms with van der Waals surface area (Å²) in [5, 5.41) is 0. The van der Waals surface area contributed by atoms with Gasteiger partial charge < -0.3 is 14.4 Å². The molecule has 1 heterocycles. The molecular formula is C21H26BrN3O3. The Labute approximate surface area is 174 Å². The number of rotatable bonds is 7. The third kappa shape index (κ3) is 4.66. The molecule has 7 heteroatoms. The van der Waals surface area contributed by atoms with Gasteiger partial charge in [0.25, 0.3) is 0 Å². The van der Waals surface area contributed by atoms with Gasteiger partial charge in [0.15, 0.2) is 11.5 Å². The van der Waals surface area contributed by atoms with Gasteiger partial charge in [-0.15, -0.1) is 0 Å². The van der Waals surface area contributed by atoms with Gasteiger partial charge in [-0.1, -0.05) is 34.1 Å². The minimum Gasteiger partial charge on any atom is -0.493 e. The van der Waals surface area contributed by atoms with Crippen LogP contribution in [0.2, 0.25) is 0 Å². The number of carbonyl (C=O) groups is 1. The van der Waals surface area contributed by atoms with Crippen molar-refractivity contribution in [3.63, 3.8) is 0 Å². The van der Waals surface area contributed by atoms with E-state index in [1.54, 1.807) is 14.2 Å². The van der Waals surface area contributed by atoms with Crippen LogP contribution in [-0.4, -0.2) is 37.6 Å². The van der Waals surface area contributed by atoms with E-state index in [0.717, 1.165) is 15.6 Å². The molecule has 0 radical (unpaired) electrons. The second-order valence-electron chi connectivity index (χ2n) is 6.72. The average molecular weight is 448 g/mol. The minimum atomic E-state index is -0.256. The van der Waals surface area contributed by atoms with Crippen molar-refractivity contribution in [2.24, 2.45) is 0 Å². The molecular weight excluding hydrogens is 422 g/mol. The number of ether oxygens (including phenoxy) is 2. The maximum absolute atomic E-state index is 13.0. The molecule has 1 aliphatic heterocycles. The summed E-state index contributed by atoms with van der Waals surface area (Å²) >= 11 is 3.45. The van der Waals surface area contributed by atoms with Gasteiger partial charge >= 0.3 is 0 Å². The average Bonchev–Trinajstić information content (AvgIpc) is 3.22. The minimum absolute atomic E-state index is 0.0874. The summed E-state index contributed by atoms with van der Waals surface area (Å²) in [6.07, 6.45) is 0.711. The Morgan fingerprint density at radius 3 is 2.46 bits per heavy atom. The van der Waals surface area contributed by atoms with Crippen LogP contribution in [0.15, 0.2) is 46.9 Å². The Kier molecular flexibility index (Phi) is 6.93. The van der Waals surface area contributed by atoms with Gasteiger partial charge in [-0.2, -0.15) is 0 Å². The van der Waals surface area contributed by atoms with Gasteiger partial charge in [0.1, 0.15) is 6.04 Å². The fourth-order valence-electron chi connectivity index (χ4n) is 3.40. The molecule has 0 aromatic heterocycles. The van der Waals surface area contributed by atoms with Crippen molar-refractivity contribution in [1.29, 1.82) is 0 Å². The second kappa shape index (κ2) is 9.41. The zero-order valence-electron chi connectivity index (χ0n) is 16.4. The first-order valence-corrected chi connectivity index (χ1v) is 10.1. The van der Waals surface area contributed by atoms with Crippen LogP contribution in [0.25, 0.3) is 0 Å². The van der Waals surface area contributed by atoms with Gasteiger partial charge in [-0.25, -0.2) is 10.9 Å². The number of methoxy groups -OCH3 is 2. The van der Waals surface area contributed by atoms with Crippen molar-refractivity contribution in [1.82, 2.24) is 15.8 Å². The van der Waals surface area contributed by atoms with Crippen molar-refractivity contribution >= 4 is 21.8 Å². The largest absolute Gasteiger partial charge is 0.493 e. The van der Waals surface area contributed by atoms with Gasteiger partial charge in [0.05, 0.1) is 14.2 Å². The van der Waals surface area contributed by atoms with Crippen LogP contribution in [-0.2, 0) is 11.3 Å². The van der Waals surface area contributed by atoms with Crippen LogP contribution in [0.1, 0.15) is 30.5 Å². The first-order chi connectivity index (χ1) is 13.5. The van der Waals surface area contributed by atoms with Crippen molar-refractivity contribution in [3.05, 3.63) is 58.1 Å². The summed E-state index contributed by atoms with van der Waals surface area (Å²) in [7, 11) is 3.22. The fourth-order valence-corrected chi connectivity index (χ4v) is 3.66. The molecule has 1 saturated heterocycles. The van der Waals surface area contributed by atoms with Gasteiger partial charge in [-0.3, -0.25) is 4.79 Å². The first-order valence-electron chi connectivity index (χ1n) is 9.32. The number of carbonyl (C=O) groups excluding carboxylic acids is 1. The van der Waals surface area contributed by atoms with E-state index in [2.05, 4.69) is 38.9 Å². The van der Waals surface area contributed by atoms with Crippen molar-refractivity contribution in [2.75, 3.05) is 20.8 Å². The zero-order chi connectivity index (χ0) is 20.1. The van der Waals surface area contributed by atoms with E-state index in [9.17, 15) is 4.79 Å². The maximum atomic E-state index is 13.0. The molecule has 1 amide bonds. The predicted molar refractivity (Wildman–Crippen MR) is 112 cm³/mol. The monoisotopic (exact) mass is 447 g/mol. The Morgan fingerprint density at radius 1 is 1.11 bits per heavy atom. The predicted octanol–water partition coefficient (Wildman–Crippen LogP) is 3.42. The van der Waals surface area contributed by atoms with E-state index in [0.29, 0.717) is 31.0 Å². The number of nitrogens with zero attached hydrogens (tertiary/aromatic N) is 1. The summed E-state index contributed by atoms with van der Waals surface area (Å²) in [5.74, 6) is 1.43. The molecule has 2 atom stereocenters. The molecule has 2 aromatic carbocycles. The van der Waals surface area contributed by atoms with Crippen LogP contribution in [0.4, 0.5) is 0 Å². The van der Waals surface area contributed by atoms with Crippen molar-refractivity contribution in [3.8, 4) is 11.5 Å². The highest BCUT2D eigenvalue weighted by atomic mass is 79.9. The molecule has 0 saturated carbocycles. The quantitative estimate of drug-likeness (QED) is 0.680. The second-order valence-corrected chi connectivity index (χ2v) is 7.64. The summed E-state index contributed by atoms with van der Waals surface area (Å²) in [4.78, 5) is 14.9. The van der Waals surface area contributed by atoms with Crippen LogP contribution in [0.5, 0.6) is 11.5 Å². The highest BCUT2D eigenvalue weighted by Crippen LogP contribution is 2.29. The van der Waals surface area contributed by atoms with E-state index in [1.807, 2.05) is 42.2 Å². The number of amides is 1. The number of hydrazine groups is 1. The normalized spacial score (nSPS) is 18.7. The lowest BCUT2D eigenvalue weighted by Gasteiger charge is -2.24. The van der Waals surface area contributed by atoms with Gasteiger partial charge in [-0.05, 0) is 48.7 Å². The molecule has 2 aromatic rings. The Morgan fingerprint density at radius 2 is 1.82 bits per heavy atom. The molecule has 6 nitrogen and oxygen atoms in total. The molecule has 2 unspecified atom stereocenters. The van der Waals surface area contributed by atoms with Crippen LogP contribution < -0.4 is 20.3 Å². The third-order valence-electron chi connectivity index (χ3n) is 4.99. The molecule has 1 aliphatic rings. The van der Waals surface area contributed by atoms with E-state index in [4.69, 9.17) is 9.47 Å². The highest BCUT2D eigenvalue weighted by molar-refractivity contribution is 9.10. The van der Waals surface area contributed by atoms with E-state index >= 15 is 0 Å². The first kappa shape index (κ1) is 20.6. The highest BCUT2D eigenvalue weighted by Gasteiger charge is 2.32. The topological polar surface area (TPSA) is 62.8 Å². The SMILES string of the molecule is CCN(Cc1ccc(OC)c(OC)c1)C(=O)C1CC(c2ccc(Br)cc2)NN1. The molecule has 0 bridgehead atoms. The number of halogens is 1. The van der Waals surface area contributed by atoms with Crippen molar-refractivity contribution < 1.29 is 14.3 Å². The number of hydrogen-bond donors (Lipinski definition) is 2. The summed E-state index contributed by atoms with van der Waals surface area (Å²) in [6.45, 7) is 3.15. The lowest BCUT2D eigenvalue weighted by Crippen LogP contribution is -2.45. The standard InChI is InChI=1S/C21H26BrN3O3/c1-4-25(13-14-5-10-19(27-2)20(11-14)28-3)21(26)18-12-17(23-24-18)15-6-8-16(22)9-7-15/h5-11,17-18,23-24H,4,12-13H2,1-3H3. The van der Waals surface area contributed by atoms with E-state index < -0.39 is 0 Å². The number of nitrogens with one attached hydrogen (secondary N) is 2. The zero-order valence-corrected chi connectivity index (χ0v) is 18.0. The lowest BCUT2D eigenvalue weighted by atomic mass is 10.0. The molecule has 2 N–H and O–H groups in total. The fraction of sp³-hybridized carbons (Fsp3) is 0.381. The number of benzene rings is 2. The van der Waals surface area contributed by atoms with Crippen LogP contribution in [0, 0.1) is 0 Å². The third-order valence-corrected chi connectivity index (χ3v) is 5.52. The van der Waals surface area contributed by atoms with Crippen molar-refractivity contribution in [2.45, 2.75) is 32.0 Å². The smallest absolute Gasteiger partial charge is 0.241 e. The molecule has 1 fully saturated rings. The molecule has 0 spiro atoms. The van der Waals surface area contributed by atoms with Crippen LogP contribution >= 0.6 is 15.9 Å². The van der Waals surface area contributed by atoms with E-state index in [-0.39, 0.29) is 18.0 Å². The molecule has 3 rings (SSSR count). The Balaban J connectivity index is 1.66. The maximum Gasteiger partial charge on any atom is 0.241 e. The Bertz CT molecular complexity index is 813. The lowest BCUT2D eigenvalue weighted by molar-refractivity contribution is -0.133. The molecule has 0 aliphatic carbocycles. The Hall–Kier alpha value is -2.09.